The van der Waals surface area contributed by atoms with Gasteiger partial charge in [0.25, 0.3) is 6.43 Å². The molecule has 136 valence electrons. The average molecular weight is 379 g/mol. The zero-order valence-electron chi connectivity index (χ0n) is 13.6. The maximum atomic E-state index is 13.4. The van der Waals surface area contributed by atoms with Crippen LogP contribution in [0, 0.1) is 0 Å². The maximum absolute atomic E-state index is 13.4. The highest BCUT2D eigenvalue weighted by Gasteiger charge is 2.20. The fraction of sp³-hybridized carbons (Fsp3) is 0.118. The SMILES string of the molecule is COc1ccc(-c2cn(-c3ccc(S(N)(=O)=O)cc3)nc2C(F)F)cc1. The molecule has 1 heterocycles. The Morgan fingerprint density at radius 2 is 1.69 bits per heavy atom. The Bertz CT molecular complexity index is 1010. The normalized spacial score (nSPS) is 11.7. The number of nitrogens with two attached hydrogens (primary N) is 1. The first-order valence-corrected chi connectivity index (χ1v) is 8.99. The summed E-state index contributed by atoms with van der Waals surface area (Å²) in [5.41, 5.74) is 0.899. The minimum atomic E-state index is -3.83. The van der Waals surface area contributed by atoms with Crippen LogP contribution in [0.4, 0.5) is 8.78 Å². The third-order valence-electron chi connectivity index (χ3n) is 3.78. The number of hydrogen-bond acceptors (Lipinski definition) is 4. The monoisotopic (exact) mass is 379 g/mol. The molecule has 0 amide bonds. The van der Waals surface area contributed by atoms with Gasteiger partial charge >= 0.3 is 0 Å². The molecule has 2 N–H and O–H groups in total. The van der Waals surface area contributed by atoms with Crippen LogP contribution >= 0.6 is 0 Å². The number of benzene rings is 2. The van der Waals surface area contributed by atoms with Gasteiger partial charge in [0.2, 0.25) is 10.0 Å². The Balaban J connectivity index is 2.04. The van der Waals surface area contributed by atoms with Crippen LogP contribution in [-0.4, -0.2) is 25.3 Å². The standard InChI is InChI=1S/C17H15F2N3O3S/c1-25-13-6-2-11(3-7-13)15-10-22(21-16(15)17(18)19)12-4-8-14(9-5-12)26(20,23)24/h2-10,17H,1H3,(H2,20,23,24). The molecule has 1 aromatic heterocycles. The zero-order chi connectivity index (χ0) is 18.9. The number of hydrogen-bond donors (Lipinski definition) is 1. The number of rotatable bonds is 5. The minimum Gasteiger partial charge on any atom is -0.497 e. The van der Waals surface area contributed by atoms with E-state index in [1.165, 1.54) is 42.3 Å². The highest BCUT2D eigenvalue weighted by molar-refractivity contribution is 7.89. The summed E-state index contributed by atoms with van der Waals surface area (Å²) in [6.07, 6.45) is -1.30. The molecule has 0 radical (unpaired) electrons. The van der Waals surface area contributed by atoms with Gasteiger partial charge in [-0.3, -0.25) is 0 Å². The van der Waals surface area contributed by atoms with E-state index in [0.29, 0.717) is 17.0 Å². The molecular formula is C17H15F2N3O3S. The van der Waals surface area contributed by atoms with Gasteiger partial charge in [-0.2, -0.15) is 5.10 Å². The summed E-state index contributed by atoms with van der Waals surface area (Å²) in [4.78, 5) is -0.0714. The summed E-state index contributed by atoms with van der Waals surface area (Å²) < 4.78 is 55.8. The molecule has 3 rings (SSSR count). The van der Waals surface area contributed by atoms with Crippen LogP contribution in [0.1, 0.15) is 12.1 Å². The molecule has 0 unspecified atom stereocenters. The van der Waals surface area contributed by atoms with Crippen LogP contribution < -0.4 is 9.88 Å². The highest BCUT2D eigenvalue weighted by Crippen LogP contribution is 2.32. The van der Waals surface area contributed by atoms with Gasteiger partial charge in [0.1, 0.15) is 11.4 Å². The highest BCUT2D eigenvalue weighted by atomic mass is 32.2. The number of halogens is 2. The first kappa shape index (κ1) is 18.0. The lowest BCUT2D eigenvalue weighted by atomic mass is 10.1. The van der Waals surface area contributed by atoms with E-state index in [2.05, 4.69) is 5.10 Å². The first-order valence-electron chi connectivity index (χ1n) is 7.45. The van der Waals surface area contributed by atoms with Crippen molar-refractivity contribution in [2.24, 2.45) is 5.14 Å². The summed E-state index contributed by atoms with van der Waals surface area (Å²) in [5, 5.41) is 9.00. The molecule has 0 aliphatic carbocycles. The molecule has 0 saturated heterocycles. The van der Waals surface area contributed by atoms with E-state index in [1.54, 1.807) is 24.3 Å². The number of aromatic nitrogens is 2. The molecule has 2 aromatic carbocycles. The molecular weight excluding hydrogens is 364 g/mol. The summed E-state index contributed by atoms with van der Waals surface area (Å²) in [6, 6.07) is 12.1. The largest absolute Gasteiger partial charge is 0.497 e. The molecule has 0 spiro atoms. The second-order valence-corrected chi connectivity index (χ2v) is 7.00. The van der Waals surface area contributed by atoms with Crippen molar-refractivity contribution in [1.82, 2.24) is 9.78 Å². The lowest BCUT2D eigenvalue weighted by Crippen LogP contribution is -2.12. The van der Waals surface area contributed by atoms with Crippen molar-refractivity contribution in [3.8, 4) is 22.6 Å². The van der Waals surface area contributed by atoms with Gasteiger partial charge in [0.05, 0.1) is 17.7 Å². The Kier molecular flexibility index (Phi) is 4.75. The predicted molar refractivity (Wildman–Crippen MR) is 91.9 cm³/mol. The smallest absolute Gasteiger partial charge is 0.282 e. The van der Waals surface area contributed by atoms with Gasteiger partial charge in [0.15, 0.2) is 0 Å². The van der Waals surface area contributed by atoms with E-state index in [-0.39, 0.29) is 16.2 Å². The topological polar surface area (TPSA) is 87.2 Å². The second-order valence-electron chi connectivity index (χ2n) is 5.44. The van der Waals surface area contributed by atoms with E-state index in [4.69, 9.17) is 9.88 Å². The van der Waals surface area contributed by atoms with Crippen LogP contribution in [0.5, 0.6) is 5.75 Å². The van der Waals surface area contributed by atoms with Crippen LogP contribution in [-0.2, 0) is 10.0 Å². The molecule has 3 aromatic rings. The third-order valence-corrected chi connectivity index (χ3v) is 4.71. The lowest BCUT2D eigenvalue weighted by Gasteiger charge is -2.03. The number of primary sulfonamides is 1. The van der Waals surface area contributed by atoms with E-state index in [9.17, 15) is 17.2 Å². The fourth-order valence-corrected chi connectivity index (χ4v) is 2.98. The molecule has 0 aliphatic heterocycles. The van der Waals surface area contributed by atoms with E-state index in [1.807, 2.05) is 0 Å². The van der Waals surface area contributed by atoms with Crippen molar-refractivity contribution in [2.75, 3.05) is 7.11 Å². The quantitative estimate of drug-likeness (QED) is 0.738. The predicted octanol–water partition coefficient (Wildman–Crippen LogP) is 3.13. The maximum Gasteiger partial charge on any atom is 0.282 e. The Morgan fingerprint density at radius 3 is 2.19 bits per heavy atom. The number of ether oxygens (including phenoxy) is 1. The Morgan fingerprint density at radius 1 is 1.08 bits per heavy atom. The van der Waals surface area contributed by atoms with Crippen LogP contribution in [0.15, 0.2) is 59.6 Å². The average Bonchev–Trinajstić information content (AvgIpc) is 3.07. The van der Waals surface area contributed by atoms with E-state index in [0.717, 1.165) is 0 Å². The Hall–Kier alpha value is -2.78. The summed E-state index contributed by atoms with van der Waals surface area (Å²) in [7, 11) is -2.31. The van der Waals surface area contributed by atoms with Crippen molar-refractivity contribution >= 4 is 10.0 Å². The fourth-order valence-electron chi connectivity index (χ4n) is 2.46. The first-order chi connectivity index (χ1) is 12.3. The second kappa shape index (κ2) is 6.85. The van der Waals surface area contributed by atoms with Crippen molar-refractivity contribution < 1.29 is 21.9 Å². The number of nitrogens with zero attached hydrogens (tertiary/aromatic N) is 2. The van der Waals surface area contributed by atoms with Crippen molar-refractivity contribution in [1.29, 1.82) is 0 Å². The third kappa shape index (κ3) is 3.58. The zero-order valence-corrected chi connectivity index (χ0v) is 14.5. The minimum absolute atomic E-state index is 0.0714. The molecule has 0 aliphatic rings. The number of methoxy groups -OCH3 is 1. The summed E-state index contributed by atoms with van der Waals surface area (Å²) in [6.45, 7) is 0. The summed E-state index contributed by atoms with van der Waals surface area (Å²) >= 11 is 0. The van der Waals surface area contributed by atoms with Gasteiger partial charge in [-0.15, -0.1) is 0 Å². The van der Waals surface area contributed by atoms with E-state index < -0.39 is 16.4 Å². The summed E-state index contributed by atoms with van der Waals surface area (Å²) in [5.74, 6) is 0.610. The van der Waals surface area contributed by atoms with E-state index >= 15 is 0 Å². The van der Waals surface area contributed by atoms with Gasteiger partial charge < -0.3 is 4.74 Å². The van der Waals surface area contributed by atoms with Crippen molar-refractivity contribution in [3.63, 3.8) is 0 Å². The number of sulfonamides is 1. The van der Waals surface area contributed by atoms with Gasteiger partial charge in [-0.25, -0.2) is 27.0 Å². The van der Waals surface area contributed by atoms with Crippen LogP contribution in [0.2, 0.25) is 0 Å². The van der Waals surface area contributed by atoms with Crippen molar-refractivity contribution in [2.45, 2.75) is 11.3 Å². The molecule has 0 atom stereocenters. The van der Waals surface area contributed by atoms with Gasteiger partial charge in [0, 0.05) is 11.8 Å². The number of alkyl halides is 2. The molecule has 0 fully saturated rings. The van der Waals surface area contributed by atoms with Gasteiger partial charge in [-0.05, 0) is 42.0 Å². The van der Waals surface area contributed by atoms with Gasteiger partial charge in [-0.1, -0.05) is 12.1 Å². The Labute approximate surface area is 148 Å². The molecule has 26 heavy (non-hydrogen) atoms. The lowest BCUT2D eigenvalue weighted by molar-refractivity contribution is 0.146. The van der Waals surface area contributed by atoms with Crippen LogP contribution in [0.25, 0.3) is 16.8 Å². The van der Waals surface area contributed by atoms with Crippen molar-refractivity contribution in [3.05, 3.63) is 60.4 Å². The molecule has 0 bridgehead atoms. The molecule has 9 heteroatoms. The molecule has 0 saturated carbocycles. The van der Waals surface area contributed by atoms with Crippen LogP contribution in [0.3, 0.4) is 0 Å². The molecule has 6 nitrogen and oxygen atoms in total.